The number of anilines is 1. The Balaban J connectivity index is 1.67. The second-order valence-corrected chi connectivity index (χ2v) is 7.11. The fourth-order valence-electron chi connectivity index (χ4n) is 3.84. The Hall–Kier alpha value is -3.26. The molecule has 1 atom stereocenters. The van der Waals surface area contributed by atoms with E-state index in [9.17, 15) is 4.79 Å². The zero-order chi connectivity index (χ0) is 20.4. The van der Waals surface area contributed by atoms with Crippen molar-refractivity contribution in [1.82, 2.24) is 24.6 Å². The van der Waals surface area contributed by atoms with Gasteiger partial charge in [-0.15, -0.1) is 0 Å². The van der Waals surface area contributed by atoms with Gasteiger partial charge in [-0.25, -0.2) is 9.97 Å². The number of benzene rings is 1. The fraction of sp³-hybridized carbons (Fsp3) is 0.333. The molecule has 8 heteroatoms. The van der Waals surface area contributed by atoms with Crippen molar-refractivity contribution in [3.63, 3.8) is 0 Å². The summed E-state index contributed by atoms with van der Waals surface area (Å²) < 4.78 is 7.70. The van der Waals surface area contributed by atoms with Gasteiger partial charge in [0.25, 0.3) is 5.91 Å². The smallest absolute Gasteiger partial charge is 0.276 e. The predicted molar refractivity (Wildman–Crippen MR) is 108 cm³/mol. The number of carbonyl (C=O) groups is 1. The minimum Gasteiger partial charge on any atom is -0.382 e. The number of nitrogens with two attached hydrogens (primary N) is 1. The molecule has 1 fully saturated rings. The molecule has 150 valence electrons. The lowest BCUT2D eigenvalue weighted by Crippen LogP contribution is -2.44. The van der Waals surface area contributed by atoms with Crippen LogP contribution in [0.5, 0.6) is 0 Å². The van der Waals surface area contributed by atoms with E-state index >= 15 is 0 Å². The summed E-state index contributed by atoms with van der Waals surface area (Å²) in [5.74, 6) is -0.102. The van der Waals surface area contributed by atoms with Gasteiger partial charge >= 0.3 is 0 Å². The normalized spacial score (nSPS) is 16.8. The highest BCUT2D eigenvalue weighted by atomic mass is 16.5. The summed E-state index contributed by atoms with van der Waals surface area (Å²) in [4.78, 5) is 23.1. The van der Waals surface area contributed by atoms with Crippen molar-refractivity contribution < 1.29 is 9.53 Å². The minimum atomic E-state index is -0.248. The lowest BCUT2D eigenvalue weighted by atomic mass is 10.0. The summed E-state index contributed by atoms with van der Waals surface area (Å²) in [6.45, 7) is 6.02. The van der Waals surface area contributed by atoms with Crippen LogP contribution >= 0.6 is 0 Å². The predicted octanol–water partition coefficient (Wildman–Crippen LogP) is 2.13. The van der Waals surface area contributed by atoms with Crippen molar-refractivity contribution in [1.29, 1.82) is 0 Å². The Labute approximate surface area is 169 Å². The molecule has 0 saturated carbocycles. The average molecular weight is 392 g/mol. The highest BCUT2D eigenvalue weighted by molar-refractivity contribution is 5.96. The molecule has 2 N–H and O–H groups in total. The number of hydrogen-bond acceptors (Lipinski definition) is 6. The first kappa shape index (κ1) is 19.1. The molecule has 0 radical (unpaired) electrons. The zero-order valence-corrected chi connectivity index (χ0v) is 16.6. The third-order valence-electron chi connectivity index (χ3n) is 5.26. The second kappa shape index (κ2) is 8.00. The van der Waals surface area contributed by atoms with Gasteiger partial charge in [0, 0.05) is 30.2 Å². The van der Waals surface area contributed by atoms with E-state index in [0.29, 0.717) is 26.3 Å². The Bertz CT molecular complexity index is 1020. The van der Waals surface area contributed by atoms with Gasteiger partial charge in [0.1, 0.15) is 0 Å². The fourth-order valence-corrected chi connectivity index (χ4v) is 3.84. The highest BCUT2D eigenvalue weighted by Gasteiger charge is 2.34. The van der Waals surface area contributed by atoms with Crippen LogP contribution in [0.4, 0.5) is 5.82 Å². The molecule has 1 aromatic carbocycles. The summed E-state index contributed by atoms with van der Waals surface area (Å²) in [7, 11) is 0. The molecule has 0 unspecified atom stereocenters. The van der Waals surface area contributed by atoms with Crippen LogP contribution in [0.15, 0.2) is 42.7 Å². The topological polar surface area (TPSA) is 99.2 Å². The molecular formula is C21H24N6O2. The van der Waals surface area contributed by atoms with E-state index in [1.54, 1.807) is 4.90 Å². The van der Waals surface area contributed by atoms with Crippen LogP contribution in [0.1, 0.15) is 39.0 Å². The third kappa shape index (κ3) is 3.71. The van der Waals surface area contributed by atoms with E-state index < -0.39 is 0 Å². The first-order valence-electron chi connectivity index (χ1n) is 9.59. The van der Waals surface area contributed by atoms with Crippen molar-refractivity contribution in [3.05, 3.63) is 70.9 Å². The number of nitrogen functional groups attached to an aromatic ring is 1. The number of aromatic nitrogens is 4. The molecule has 0 bridgehead atoms. The first-order chi connectivity index (χ1) is 14.1. The monoisotopic (exact) mass is 392 g/mol. The number of hydrogen-bond donors (Lipinski definition) is 1. The molecule has 1 saturated heterocycles. The van der Waals surface area contributed by atoms with Gasteiger partial charge in [-0.3, -0.25) is 9.48 Å². The van der Waals surface area contributed by atoms with Gasteiger partial charge in [0.2, 0.25) is 0 Å². The maximum atomic E-state index is 13.2. The third-order valence-corrected chi connectivity index (χ3v) is 5.26. The zero-order valence-electron chi connectivity index (χ0n) is 16.6. The van der Waals surface area contributed by atoms with E-state index in [1.165, 1.54) is 18.0 Å². The van der Waals surface area contributed by atoms with Crippen LogP contribution in [0, 0.1) is 13.8 Å². The lowest BCUT2D eigenvalue weighted by molar-refractivity contribution is -0.00332. The van der Waals surface area contributed by atoms with Crippen LogP contribution in [-0.2, 0) is 11.3 Å². The number of ether oxygens (including phenoxy) is 1. The minimum absolute atomic E-state index is 0.135. The van der Waals surface area contributed by atoms with Crippen LogP contribution in [0.2, 0.25) is 0 Å². The van der Waals surface area contributed by atoms with Crippen molar-refractivity contribution >= 4 is 11.7 Å². The summed E-state index contributed by atoms with van der Waals surface area (Å²) in [5.41, 5.74) is 10.2. The van der Waals surface area contributed by atoms with Gasteiger partial charge in [-0.2, -0.15) is 5.10 Å². The molecule has 2 aromatic heterocycles. The Morgan fingerprint density at radius 3 is 2.72 bits per heavy atom. The Morgan fingerprint density at radius 1 is 1.21 bits per heavy atom. The van der Waals surface area contributed by atoms with Crippen LogP contribution in [0.3, 0.4) is 0 Å². The maximum Gasteiger partial charge on any atom is 0.276 e. The van der Waals surface area contributed by atoms with Crippen molar-refractivity contribution in [2.45, 2.75) is 26.4 Å². The number of morpholine rings is 1. The molecule has 1 aliphatic rings. The van der Waals surface area contributed by atoms with E-state index in [2.05, 4.69) is 22.1 Å². The highest BCUT2D eigenvalue weighted by Crippen LogP contribution is 2.31. The summed E-state index contributed by atoms with van der Waals surface area (Å²) >= 11 is 0. The summed E-state index contributed by atoms with van der Waals surface area (Å²) in [6, 6.07) is 9.93. The van der Waals surface area contributed by atoms with E-state index in [4.69, 9.17) is 15.6 Å². The standard InChI is InChI=1S/C21H24N6O2/c1-14-18(15(2)27(25-14)12-16-6-4-3-5-7-16)17-13-29-11-10-26(17)21(28)19-20(22)24-9-8-23-19/h3-9,17H,10-13H2,1-2H3,(H2,22,24)/t17-/m0/s1. The molecule has 4 rings (SSSR count). The van der Waals surface area contributed by atoms with Gasteiger partial charge in [-0.05, 0) is 19.4 Å². The molecule has 29 heavy (non-hydrogen) atoms. The second-order valence-electron chi connectivity index (χ2n) is 7.11. The van der Waals surface area contributed by atoms with Crippen molar-refractivity contribution in [2.75, 3.05) is 25.5 Å². The van der Waals surface area contributed by atoms with E-state index in [0.717, 1.165) is 17.0 Å². The average Bonchev–Trinajstić information content (AvgIpc) is 3.01. The van der Waals surface area contributed by atoms with E-state index in [-0.39, 0.29) is 23.5 Å². The summed E-state index contributed by atoms with van der Waals surface area (Å²) in [6.07, 6.45) is 2.96. The molecule has 1 amide bonds. The van der Waals surface area contributed by atoms with Crippen LogP contribution < -0.4 is 5.73 Å². The van der Waals surface area contributed by atoms with Gasteiger partial charge in [0.15, 0.2) is 11.5 Å². The summed E-state index contributed by atoms with van der Waals surface area (Å²) in [5, 5.41) is 4.74. The Kier molecular flexibility index (Phi) is 5.26. The number of nitrogens with zero attached hydrogens (tertiary/aromatic N) is 5. The van der Waals surface area contributed by atoms with Crippen LogP contribution in [0.25, 0.3) is 0 Å². The van der Waals surface area contributed by atoms with Crippen molar-refractivity contribution in [2.24, 2.45) is 0 Å². The molecule has 8 nitrogen and oxygen atoms in total. The maximum absolute atomic E-state index is 13.2. The molecule has 0 aliphatic carbocycles. The molecule has 1 aliphatic heterocycles. The van der Waals surface area contributed by atoms with Crippen LogP contribution in [-0.4, -0.2) is 50.3 Å². The molecular weight excluding hydrogens is 368 g/mol. The number of carbonyl (C=O) groups excluding carboxylic acids is 1. The van der Waals surface area contributed by atoms with Crippen molar-refractivity contribution in [3.8, 4) is 0 Å². The molecule has 0 spiro atoms. The number of rotatable bonds is 4. The van der Waals surface area contributed by atoms with Gasteiger partial charge in [0.05, 0.1) is 31.5 Å². The largest absolute Gasteiger partial charge is 0.382 e. The SMILES string of the molecule is Cc1nn(Cc2ccccc2)c(C)c1[C@@H]1COCCN1C(=O)c1nccnc1N. The first-order valence-corrected chi connectivity index (χ1v) is 9.59. The van der Waals surface area contributed by atoms with E-state index in [1.807, 2.05) is 36.7 Å². The number of aryl methyl sites for hydroxylation is 1. The van der Waals surface area contributed by atoms with Gasteiger partial charge in [-0.1, -0.05) is 30.3 Å². The molecule has 3 aromatic rings. The Morgan fingerprint density at radius 2 is 1.97 bits per heavy atom. The quantitative estimate of drug-likeness (QED) is 0.730. The molecule has 3 heterocycles. The van der Waals surface area contributed by atoms with Gasteiger partial charge < -0.3 is 15.4 Å². The lowest BCUT2D eigenvalue weighted by Gasteiger charge is -2.36. The number of amides is 1.